The second kappa shape index (κ2) is 8.24. The number of hydrogen-bond acceptors (Lipinski definition) is 6. The van der Waals surface area contributed by atoms with Gasteiger partial charge in [-0.3, -0.25) is 4.79 Å². The van der Waals surface area contributed by atoms with Gasteiger partial charge in [-0.15, -0.1) is 13.2 Å². The highest BCUT2D eigenvalue weighted by Crippen LogP contribution is 2.35. The first-order valence-electron chi connectivity index (χ1n) is 7.96. The van der Waals surface area contributed by atoms with Crippen LogP contribution in [0.5, 0.6) is 5.88 Å². The molecule has 0 saturated carbocycles. The van der Waals surface area contributed by atoms with E-state index in [1.165, 1.54) is 13.3 Å². The van der Waals surface area contributed by atoms with Gasteiger partial charge in [-0.1, -0.05) is 0 Å². The Kier molecular flexibility index (Phi) is 6.27. The normalized spacial score (nSPS) is 20.4. The molecule has 0 N–H and O–H groups in total. The van der Waals surface area contributed by atoms with E-state index in [0.717, 1.165) is 10.5 Å². The van der Waals surface area contributed by atoms with Crippen LogP contribution in [-0.2, 0) is 14.3 Å². The highest BCUT2D eigenvalue weighted by atomic mass is 19.4. The summed E-state index contributed by atoms with van der Waals surface area (Å²) in [6, 6.07) is 3.35. The number of amides is 1. The molecule has 1 aromatic rings. The van der Waals surface area contributed by atoms with Crippen molar-refractivity contribution in [3.63, 3.8) is 0 Å². The monoisotopic (exact) mass is 376 g/mol. The van der Waals surface area contributed by atoms with E-state index in [-0.39, 0.29) is 32.0 Å². The molecule has 0 spiro atoms. The van der Waals surface area contributed by atoms with Gasteiger partial charge >= 0.3 is 18.4 Å². The minimum absolute atomic E-state index is 0.0140. The molecule has 0 aliphatic carbocycles. The zero-order valence-electron chi connectivity index (χ0n) is 14.3. The van der Waals surface area contributed by atoms with Crippen molar-refractivity contribution in [3.05, 3.63) is 23.9 Å². The molecule has 0 unspecified atom stereocenters. The van der Waals surface area contributed by atoms with Gasteiger partial charge in [0.15, 0.2) is 0 Å². The third-order valence-electron chi connectivity index (χ3n) is 4.06. The van der Waals surface area contributed by atoms with Crippen molar-refractivity contribution < 1.29 is 37.0 Å². The van der Waals surface area contributed by atoms with Crippen LogP contribution in [0.15, 0.2) is 18.3 Å². The molecule has 0 bridgehead atoms. The van der Waals surface area contributed by atoms with E-state index in [1.54, 1.807) is 19.1 Å². The molecule has 26 heavy (non-hydrogen) atoms. The Hall–Kier alpha value is -2.52. The van der Waals surface area contributed by atoms with Gasteiger partial charge in [0.2, 0.25) is 5.88 Å². The van der Waals surface area contributed by atoms with E-state index in [4.69, 9.17) is 9.47 Å². The van der Waals surface area contributed by atoms with E-state index in [9.17, 15) is 22.8 Å². The minimum atomic E-state index is -5.08. The van der Waals surface area contributed by atoms with Crippen LogP contribution in [0.3, 0.4) is 0 Å². The Morgan fingerprint density at radius 2 is 2.12 bits per heavy atom. The number of hydrogen-bond donors (Lipinski definition) is 0. The van der Waals surface area contributed by atoms with Crippen molar-refractivity contribution in [2.75, 3.05) is 26.8 Å². The summed E-state index contributed by atoms with van der Waals surface area (Å²) in [6.45, 7) is 1.53. The number of pyridine rings is 1. The number of rotatable bonds is 4. The van der Waals surface area contributed by atoms with Crippen molar-refractivity contribution in [2.45, 2.75) is 25.6 Å². The summed E-state index contributed by atoms with van der Waals surface area (Å²) in [5.41, 5.74) is 0.735. The summed E-state index contributed by atoms with van der Waals surface area (Å²) in [5, 5.41) is 0. The SMILES string of the molecule is CCOC(=O)[C@H]1CN(C(=O)OC(F)(F)F)CC[C@@H]1c1ccnc(OC)c1. The van der Waals surface area contributed by atoms with Crippen molar-refractivity contribution in [1.29, 1.82) is 0 Å². The second-order valence-corrected chi connectivity index (χ2v) is 5.64. The Balaban J connectivity index is 2.22. The van der Waals surface area contributed by atoms with Gasteiger partial charge in [0.05, 0.1) is 19.6 Å². The number of nitrogens with zero attached hydrogens (tertiary/aromatic N) is 2. The molecule has 1 aliphatic rings. The number of carbonyl (C=O) groups excluding carboxylic acids is 2. The van der Waals surface area contributed by atoms with Gasteiger partial charge in [-0.05, 0) is 25.0 Å². The quantitative estimate of drug-likeness (QED) is 0.752. The fourth-order valence-corrected chi connectivity index (χ4v) is 2.94. The molecule has 0 aromatic carbocycles. The van der Waals surface area contributed by atoms with Crippen molar-refractivity contribution in [1.82, 2.24) is 9.88 Å². The topological polar surface area (TPSA) is 78.0 Å². The predicted molar refractivity (Wildman–Crippen MR) is 82.4 cm³/mol. The zero-order chi connectivity index (χ0) is 19.3. The number of ether oxygens (including phenoxy) is 3. The van der Waals surface area contributed by atoms with Gasteiger partial charge < -0.3 is 19.1 Å². The molecule has 1 aromatic heterocycles. The fourth-order valence-electron chi connectivity index (χ4n) is 2.94. The third kappa shape index (κ3) is 4.99. The Morgan fingerprint density at radius 3 is 2.73 bits per heavy atom. The van der Waals surface area contributed by atoms with Gasteiger partial charge in [0.25, 0.3) is 0 Å². The molecule has 10 heteroatoms. The molecule has 7 nitrogen and oxygen atoms in total. The smallest absolute Gasteiger partial charge is 0.481 e. The highest BCUT2D eigenvalue weighted by Gasteiger charge is 2.42. The first kappa shape index (κ1) is 19.8. The largest absolute Gasteiger partial charge is 0.576 e. The number of halogens is 3. The summed E-state index contributed by atoms with van der Waals surface area (Å²) in [5.74, 6) is -1.40. The van der Waals surface area contributed by atoms with Crippen LogP contribution in [0.25, 0.3) is 0 Å². The summed E-state index contributed by atoms with van der Waals surface area (Å²) >= 11 is 0. The van der Waals surface area contributed by atoms with Crippen molar-refractivity contribution in [3.8, 4) is 5.88 Å². The summed E-state index contributed by atoms with van der Waals surface area (Å²) in [7, 11) is 1.45. The molecular formula is C16H19F3N2O5. The molecule has 2 heterocycles. The van der Waals surface area contributed by atoms with E-state index in [0.29, 0.717) is 5.88 Å². The molecular weight excluding hydrogens is 357 g/mol. The van der Waals surface area contributed by atoms with Crippen LogP contribution >= 0.6 is 0 Å². The first-order chi connectivity index (χ1) is 12.2. The van der Waals surface area contributed by atoms with Crippen LogP contribution in [-0.4, -0.2) is 55.1 Å². The van der Waals surface area contributed by atoms with Crippen LogP contribution < -0.4 is 4.74 Å². The average molecular weight is 376 g/mol. The lowest BCUT2D eigenvalue weighted by Crippen LogP contribution is -2.47. The third-order valence-corrected chi connectivity index (χ3v) is 4.06. The van der Waals surface area contributed by atoms with Crippen LogP contribution in [0.4, 0.5) is 18.0 Å². The van der Waals surface area contributed by atoms with E-state index < -0.39 is 24.3 Å². The highest BCUT2D eigenvalue weighted by molar-refractivity contribution is 5.76. The number of likely N-dealkylation sites (tertiary alicyclic amines) is 1. The first-order valence-corrected chi connectivity index (χ1v) is 7.96. The molecule has 1 saturated heterocycles. The number of aromatic nitrogens is 1. The van der Waals surface area contributed by atoms with E-state index in [1.807, 2.05) is 0 Å². The number of methoxy groups -OCH3 is 1. The molecule has 0 radical (unpaired) electrons. The maximum absolute atomic E-state index is 12.3. The second-order valence-electron chi connectivity index (χ2n) is 5.64. The Bertz CT molecular complexity index is 653. The fraction of sp³-hybridized carbons (Fsp3) is 0.562. The maximum atomic E-state index is 12.3. The van der Waals surface area contributed by atoms with Crippen LogP contribution in [0, 0.1) is 5.92 Å². The van der Waals surface area contributed by atoms with Crippen LogP contribution in [0.2, 0.25) is 0 Å². The molecule has 1 aliphatic heterocycles. The van der Waals surface area contributed by atoms with Gasteiger partial charge in [0.1, 0.15) is 0 Å². The number of piperidine rings is 1. The van der Waals surface area contributed by atoms with E-state index in [2.05, 4.69) is 9.72 Å². The van der Waals surface area contributed by atoms with Gasteiger partial charge in [-0.2, -0.15) is 0 Å². The minimum Gasteiger partial charge on any atom is -0.481 e. The molecule has 2 rings (SSSR count). The maximum Gasteiger partial charge on any atom is 0.576 e. The van der Waals surface area contributed by atoms with E-state index >= 15 is 0 Å². The standard InChI is InChI=1S/C16H19F3N2O5/c1-3-25-14(22)12-9-21(15(23)26-16(17,18)19)7-5-11(12)10-4-6-20-13(8-10)24-2/h4,6,8,11-12H,3,5,7,9H2,1-2H3/t11-,12+/m1/s1. The molecule has 1 amide bonds. The Morgan fingerprint density at radius 1 is 1.38 bits per heavy atom. The summed E-state index contributed by atoms with van der Waals surface area (Å²) in [6.07, 6.45) is -4.83. The number of alkyl halides is 3. The zero-order valence-corrected chi connectivity index (χ0v) is 14.3. The lowest BCUT2D eigenvalue weighted by molar-refractivity contribution is -0.295. The Labute approximate surface area is 148 Å². The van der Waals surface area contributed by atoms with Crippen molar-refractivity contribution in [2.24, 2.45) is 5.92 Å². The molecule has 144 valence electrons. The van der Waals surface area contributed by atoms with Gasteiger partial charge in [0, 0.05) is 31.3 Å². The van der Waals surface area contributed by atoms with Crippen LogP contribution in [0.1, 0.15) is 24.8 Å². The summed E-state index contributed by atoms with van der Waals surface area (Å²) < 4.78 is 50.4. The average Bonchev–Trinajstić information content (AvgIpc) is 2.60. The predicted octanol–water partition coefficient (Wildman–Crippen LogP) is 2.72. The molecule has 2 atom stereocenters. The summed E-state index contributed by atoms with van der Waals surface area (Å²) in [4.78, 5) is 28.9. The molecule has 1 fully saturated rings. The lowest BCUT2D eigenvalue weighted by atomic mass is 9.81. The van der Waals surface area contributed by atoms with Crippen molar-refractivity contribution >= 4 is 12.1 Å². The van der Waals surface area contributed by atoms with Gasteiger partial charge in [-0.25, -0.2) is 9.78 Å². The lowest BCUT2D eigenvalue weighted by Gasteiger charge is -2.36. The number of esters is 1. The number of carbonyl (C=O) groups is 2.